The third-order valence-corrected chi connectivity index (χ3v) is 17.5. The lowest BCUT2D eigenvalue weighted by Crippen LogP contribution is -2.69. The Morgan fingerprint density at radius 1 is 0.191 bits per heavy atom. The van der Waals surface area contributed by atoms with E-state index in [1.807, 2.05) is 0 Å². The van der Waals surface area contributed by atoms with Gasteiger partial charge in [-0.2, -0.15) is 0 Å². The second-order valence-electron chi connectivity index (χ2n) is 23.7. The van der Waals surface area contributed by atoms with E-state index in [2.05, 4.69) is 0 Å². The third kappa shape index (κ3) is 15.5. The molecule has 30 fully saturated rings. The molecule has 30 aliphatic heterocycles. The second kappa shape index (κ2) is 31.6. The zero-order valence-corrected chi connectivity index (χ0v) is 48.7. The molecule has 43 nitrogen and oxygen atoms in total. The lowest BCUT2D eigenvalue weighted by molar-refractivity contribution is -0.402. The van der Waals surface area contributed by atoms with Gasteiger partial charge in [-0.15, -0.1) is 0 Å². The molecule has 30 heterocycles. The molecule has 0 unspecified atom stereocenters. The van der Waals surface area contributed by atoms with Crippen molar-refractivity contribution in [3.63, 3.8) is 0 Å². The first-order chi connectivity index (χ1) is 44.5. The Labute approximate surface area is 527 Å². The topological polar surface area (TPSA) is 684 Å². The minimum absolute atomic E-state index is 1.13. The molecule has 0 aliphatic carbocycles. The smallest absolute Gasteiger partial charge is 0.306 e. The Hall–Kier alpha value is -3.07. The molecule has 24 N–H and O–H groups in total. The summed E-state index contributed by atoms with van der Waals surface area (Å²) in [6, 6.07) is 0. The van der Waals surface area contributed by atoms with Gasteiger partial charge in [-0.25, -0.2) is 0 Å². The SMILES string of the molecule is O=C(O)C[C@H]1O[C@@H]2O[C@H]3[C@H](O)[C@@H](O)[C@@H](O[C@H]4[C@H](O)[C@@H](O)[C@@H](O[C@H]5[C@H](O)[C@@H](O)[C@@H](O[C@H]6[C@@H](O)[C@H](O)[C@@H](O[C@H]7[C@H](O)[C@H](O)[C@@H](O[C@H]8[C@@H](O)[C@H](O)[C@@H](O[C@H]9[C@H](O)[C@@H](O)[C@@H](O[C@H]1[C@H](O)[C@H]2O)O[C@@H]9CO)O[C@@H]8CO)O[C@@H]7CO)O[C@@H]6CC(=O)O)O[C@@H]5CC(=O)O)O[C@@H]4CO)O[C@@H]3CO. The van der Waals surface area contributed by atoms with Crippen molar-refractivity contribution < 1.29 is 213 Å². The van der Waals surface area contributed by atoms with Crippen molar-refractivity contribution in [3.05, 3.63) is 0 Å². The highest BCUT2D eigenvalue weighted by Crippen LogP contribution is 2.40. The van der Waals surface area contributed by atoms with Gasteiger partial charge in [0.1, 0.15) is 195 Å². The predicted octanol–water partition coefficient (Wildman–Crippen LogP) is -16.0. The molecule has 0 spiro atoms. The highest BCUT2D eigenvalue weighted by Gasteiger charge is 2.61. The third-order valence-electron chi connectivity index (χ3n) is 17.5. The number of carbonyl (C=O) groups is 3. The molecule has 0 saturated carbocycles. The van der Waals surface area contributed by atoms with Crippen molar-refractivity contribution in [2.45, 2.75) is 265 Å². The number of hydrogen-bond acceptors (Lipinski definition) is 40. The van der Waals surface area contributed by atoms with E-state index in [9.17, 15) is 137 Å². The monoisotopic (exact) mass is 1380 g/mol. The van der Waals surface area contributed by atoms with Crippen LogP contribution in [0.25, 0.3) is 0 Å². The Kier molecular flexibility index (Phi) is 25.3. The summed E-state index contributed by atoms with van der Waals surface area (Å²) in [6.07, 6.45) is -90.6. The first-order valence-corrected chi connectivity index (χ1v) is 29.5. The van der Waals surface area contributed by atoms with Crippen LogP contribution in [0.3, 0.4) is 0 Å². The summed E-state index contributed by atoms with van der Waals surface area (Å²) in [5, 5.41) is 265. The van der Waals surface area contributed by atoms with Gasteiger partial charge < -0.3 is 198 Å². The van der Waals surface area contributed by atoms with Crippen molar-refractivity contribution in [2.24, 2.45) is 0 Å². The quantitative estimate of drug-likeness (QED) is 0.0913. The zero-order chi connectivity index (χ0) is 68.8. The van der Waals surface area contributed by atoms with E-state index < -0.39 is 316 Å². The molecule has 30 rings (SSSR count). The van der Waals surface area contributed by atoms with Gasteiger partial charge in [0.2, 0.25) is 0 Å². The molecular formula is C51H80O43. The van der Waals surface area contributed by atoms with E-state index in [0.29, 0.717) is 0 Å². The fourth-order valence-corrected chi connectivity index (χ4v) is 12.5. The summed E-state index contributed by atoms with van der Waals surface area (Å²) in [7, 11) is 0. The maximum absolute atomic E-state index is 12.2. The van der Waals surface area contributed by atoms with E-state index in [-0.39, 0.29) is 0 Å². The largest absolute Gasteiger partial charge is 0.481 e. The fourth-order valence-electron chi connectivity index (χ4n) is 12.5. The van der Waals surface area contributed by atoms with Gasteiger partial charge in [0.15, 0.2) is 50.3 Å². The molecule has 30 saturated heterocycles. The van der Waals surface area contributed by atoms with E-state index >= 15 is 0 Å². The van der Waals surface area contributed by atoms with E-state index in [4.69, 9.17) is 75.8 Å². The van der Waals surface area contributed by atoms with Gasteiger partial charge >= 0.3 is 17.9 Å². The van der Waals surface area contributed by atoms with Gasteiger partial charge in [0, 0.05) is 0 Å². The molecule has 43 heteroatoms. The lowest BCUT2D eigenvalue weighted by Gasteiger charge is -2.50. The van der Waals surface area contributed by atoms with Crippen LogP contribution in [0.4, 0.5) is 0 Å². The van der Waals surface area contributed by atoms with Crippen molar-refractivity contribution in [1.29, 1.82) is 0 Å². The minimum Gasteiger partial charge on any atom is -0.481 e. The molecule has 16 bridgehead atoms. The summed E-state index contributed by atoms with van der Waals surface area (Å²) >= 11 is 0. The number of aliphatic carboxylic acids is 3. The Morgan fingerprint density at radius 3 is 0.426 bits per heavy atom. The molecule has 0 aromatic rings. The lowest BCUT2D eigenvalue weighted by atomic mass is 9.93. The molecule has 542 valence electrons. The molecule has 94 heavy (non-hydrogen) atoms. The number of rotatable bonds is 11. The molecule has 0 aromatic carbocycles. The average molecular weight is 1380 g/mol. The van der Waals surface area contributed by atoms with Crippen molar-refractivity contribution >= 4 is 17.9 Å². The van der Waals surface area contributed by atoms with Gasteiger partial charge in [-0.3, -0.25) is 14.4 Å². The number of aliphatic hydroxyl groups excluding tert-OH is 21. The average Bonchev–Trinajstić information content (AvgIpc) is 0.784. The van der Waals surface area contributed by atoms with Crippen molar-refractivity contribution in [3.8, 4) is 0 Å². The first-order valence-electron chi connectivity index (χ1n) is 29.5. The molecule has 0 amide bonds. The molecular weight excluding hydrogens is 1300 g/mol. The van der Waals surface area contributed by atoms with Crippen LogP contribution < -0.4 is 0 Å². The fraction of sp³-hybridized carbons (Fsp3) is 0.941. The molecule has 40 atom stereocenters. The first kappa shape index (κ1) is 75.1. The van der Waals surface area contributed by atoms with Gasteiger partial charge in [0.05, 0.1) is 52.3 Å². The van der Waals surface area contributed by atoms with E-state index in [0.717, 1.165) is 0 Å². The summed E-state index contributed by atoms with van der Waals surface area (Å²) in [5.41, 5.74) is 0. The van der Waals surface area contributed by atoms with Gasteiger partial charge in [-0.1, -0.05) is 0 Å². The van der Waals surface area contributed by atoms with Crippen molar-refractivity contribution in [1.82, 2.24) is 0 Å². The molecule has 30 aliphatic rings. The van der Waals surface area contributed by atoms with Crippen molar-refractivity contribution in [2.75, 3.05) is 33.0 Å². The van der Waals surface area contributed by atoms with Gasteiger partial charge in [0.25, 0.3) is 0 Å². The Balaban J connectivity index is 1.01. The van der Waals surface area contributed by atoms with Crippen LogP contribution in [0.2, 0.25) is 0 Å². The second-order valence-corrected chi connectivity index (χ2v) is 23.7. The van der Waals surface area contributed by atoms with E-state index in [1.165, 1.54) is 0 Å². The number of carboxylic acids is 3. The number of hydrogen-bond donors (Lipinski definition) is 24. The van der Waals surface area contributed by atoms with Crippen LogP contribution in [-0.2, 0) is 90.2 Å². The van der Waals surface area contributed by atoms with Crippen LogP contribution >= 0.6 is 0 Å². The van der Waals surface area contributed by atoms with Gasteiger partial charge in [-0.05, 0) is 0 Å². The van der Waals surface area contributed by atoms with Crippen LogP contribution in [0.1, 0.15) is 19.3 Å². The van der Waals surface area contributed by atoms with Crippen LogP contribution in [0.15, 0.2) is 0 Å². The number of ether oxygens (including phenoxy) is 16. The number of aliphatic hydroxyl groups is 21. The minimum atomic E-state index is -2.43. The Morgan fingerprint density at radius 2 is 0.309 bits per heavy atom. The zero-order valence-electron chi connectivity index (χ0n) is 48.7. The molecule has 0 radical (unpaired) electrons. The summed E-state index contributed by atoms with van der Waals surface area (Å²) in [6.45, 7) is -5.78. The maximum Gasteiger partial charge on any atom is 0.306 e. The molecule has 0 aromatic heterocycles. The summed E-state index contributed by atoms with van der Waals surface area (Å²) < 4.78 is 91.0. The summed E-state index contributed by atoms with van der Waals surface area (Å²) in [5.74, 6) is -5.05. The highest BCUT2D eigenvalue weighted by molar-refractivity contribution is 5.68. The van der Waals surface area contributed by atoms with Crippen LogP contribution in [-0.4, -0.2) is 419 Å². The maximum atomic E-state index is 12.2. The predicted molar refractivity (Wildman–Crippen MR) is 277 cm³/mol. The standard InChI is InChI=1S/C51H80O43/c52-4-12-39-26(69)34(77)50(85-12)94-43-16(8-56)86-51(35(78)27(43)70)93-42-15(7-55)83-48(32(75)24(42)67)89-38-11(3-19(61)62)81-46(30(73)22(38)65)91-40-13(5-53)84-49(33(76)25(40)68)92-41-14(6-54)82-47(31(74)23(41)66)88-37-10(2-18(59)60)79-44(28(71)20(37)63)87-36-9(1-17(57)58)80-45(90-39)29(72)21(36)64/h9-16,20-56,63-78H,1-8H2,(H,57,58)(H,59,60)(H,61,62)/t9-,10-,11-,12-,13-,14-,15-,16-,20-,21+,22-,23-,24-,25-,26-,27+,28-,29+,30-,31-,32-,33-,34+,35+,36-,37-,38-,39-,40-,41-,42-,43-,44-,45-,46-,47-,48-,49-,50-,51-/m1/s1. The van der Waals surface area contributed by atoms with Crippen LogP contribution in [0.5, 0.6) is 0 Å². The summed E-state index contributed by atoms with van der Waals surface area (Å²) in [4.78, 5) is 36.7. The van der Waals surface area contributed by atoms with Crippen LogP contribution in [0, 0.1) is 0 Å². The normalized spacial score (nSPS) is 52.4. The van der Waals surface area contributed by atoms with E-state index in [1.54, 1.807) is 0 Å². The highest BCUT2D eigenvalue weighted by atomic mass is 16.8. The Bertz CT molecular complexity index is 2450. The number of carboxylic acid groups (broad SMARTS) is 3.